The van der Waals surface area contributed by atoms with Gasteiger partial charge in [0.25, 0.3) is 5.56 Å². The molecule has 1 saturated heterocycles. The SMILES string of the molecule is C[C@@]1(F)C(OC(=O)CN)[C@@H](CO)O[C@H]1n1ccc(=O)[nH]c1=O. The summed E-state index contributed by atoms with van der Waals surface area (Å²) < 4.78 is 26.0. The lowest BCUT2D eigenvalue weighted by atomic mass is 9.98. The largest absolute Gasteiger partial charge is 0.455 e. The normalized spacial score (nSPS) is 31.2. The van der Waals surface area contributed by atoms with Crippen molar-refractivity contribution >= 4 is 5.97 Å². The van der Waals surface area contributed by atoms with Gasteiger partial charge in [0.2, 0.25) is 0 Å². The predicted octanol–water partition coefficient (Wildman–Crippen LogP) is -1.97. The fourth-order valence-corrected chi connectivity index (χ4v) is 2.34. The highest BCUT2D eigenvalue weighted by molar-refractivity contribution is 5.71. The number of halogens is 1. The smallest absolute Gasteiger partial charge is 0.330 e. The number of nitrogens with zero attached hydrogens (tertiary/aromatic N) is 1. The van der Waals surface area contributed by atoms with Crippen LogP contribution in [-0.2, 0) is 14.3 Å². The zero-order chi connectivity index (χ0) is 16.5. The van der Waals surface area contributed by atoms with Crippen LogP contribution in [0, 0.1) is 0 Å². The molecule has 1 aromatic rings. The van der Waals surface area contributed by atoms with E-state index in [1.165, 1.54) is 0 Å². The van der Waals surface area contributed by atoms with Crippen LogP contribution >= 0.6 is 0 Å². The van der Waals surface area contributed by atoms with E-state index in [1.54, 1.807) is 0 Å². The molecule has 0 aliphatic carbocycles. The number of aliphatic hydroxyl groups is 1. The van der Waals surface area contributed by atoms with Crippen molar-refractivity contribution in [3.63, 3.8) is 0 Å². The number of esters is 1. The number of carbonyl (C=O) groups excluding carboxylic acids is 1. The molecule has 1 aliphatic heterocycles. The van der Waals surface area contributed by atoms with Gasteiger partial charge in [0, 0.05) is 12.3 Å². The van der Waals surface area contributed by atoms with E-state index < -0.39 is 54.5 Å². The molecule has 9 nitrogen and oxygen atoms in total. The second-order valence-corrected chi connectivity index (χ2v) is 4.99. The molecular formula is C12H16FN3O6. The minimum atomic E-state index is -2.32. The topological polar surface area (TPSA) is 137 Å². The van der Waals surface area contributed by atoms with Crippen LogP contribution in [0.15, 0.2) is 21.9 Å². The first-order chi connectivity index (χ1) is 10.3. The molecule has 122 valence electrons. The molecule has 10 heteroatoms. The van der Waals surface area contributed by atoms with Crippen LogP contribution in [0.25, 0.3) is 0 Å². The van der Waals surface area contributed by atoms with E-state index in [4.69, 9.17) is 15.2 Å². The van der Waals surface area contributed by atoms with Crippen LogP contribution < -0.4 is 17.0 Å². The average molecular weight is 317 g/mol. The molecule has 0 aromatic carbocycles. The Balaban J connectivity index is 2.39. The number of nitrogens with two attached hydrogens (primary N) is 1. The van der Waals surface area contributed by atoms with Crippen molar-refractivity contribution in [3.05, 3.63) is 33.1 Å². The Bertz CT molecular complexity index is 669. The van der Waals surface area contributed by atoms with Crippen LogP contribution in [0.5, 0.6) is 0 Å². The maximum Gasteiger partial charge on any atom is 0.330 e. The van der Waals surface area contributed by atoms with Gasteiger partial charge in [-0.25, -0.2) is 9.18 Å². The van der Waals surface area contributed by atoms with Crippen LogP contribution in [0.1, 0.15) is 13.2 Å². The molecule has 0 saturated carbocycles. The number of rotatable bonds is 4. The second-order valence-electron chi connectivity index (χ2n) is 4.99. The Morgan fingerprint density at radius 2 is 2.32 bits per heavy atom. The number of hydrogen-bond donors (Lipinski definition) is 3. The van der Waals surface area contributed by atoms with Gasteiger partial charge in [-0.2, -0.15) is 0 Å². The fraction of sp³-hybridized carbons (Fsp3) is 0.583. The number of hydrogen-bond acceptors (Lipinski definition) is 7. The maximum atomic E-state index is 15.0. The summed E-state index contributed by atoms with van der Waals surface area (Å²) in [5.41, 5.74) is 1.26. The number of ether oxygens (including phenoxy) is 2. The van der Waals surface area contributed by atoms with Gasteiger partial charge < -0.3 is 20.3 Å². The molecule has 1 aromatic heterocycles. The molecular weight excluding hydrogens is 301 g/mol. The Kier molecular flexibility index (Phi) is 4.44. The van der Waals surface area contributed by atoms with Crippen molar-refractivity contribution in [2.75, 3.05) is 13.2 Å². The van der Waals surface area contributed by atoms with Gasteiger partial charge in [-0.3, -0.25) is 19.1 Å². The van der Waals surface area contributed by atoms with Crippen molar-refractivity contribution in [2.45, 2.75) is 31.0 Å². The lowest BCUT2D eigenvalue weighted by Gasteiger charge is -2.27. The lowest BCUT2D eigenvalue weighted by Crippen LogP contribution is -2.46. The predicted molar refractivity (Wildman–Crippen MR) is 70.8 cm³/mol. The summed E-state index contributed by atoms with van der Waals surface area (Å²) >= 11 is 0. The molecule has 0 bridgehead atoms. The summed E-state index contributed by atoms with van der Waals surface area (Å²) in [4.78, 5) is 36.1. The molecule has 22 heavy (non-hydrogen) atoms. The van der Waals surface area contributed by atoms with E-state index in [2.05, 4.69) is 0 Å². The summed E-state index contributed by atoms with van der Waals surface area (Å²) in [6.45, 7) is -0.0238. The van der Waals surface area contributed by atoms with Gasteiger partial charge in [0.05, 0.1) is 13.2 Å². The van der Waals surface area contributed by atoms with E-state index in [0.29, 0.717) is 0 Å². The van der Waals surface area contributed by atoms with Crippen LogP contribution in [0.2, 0.25) is 0 Å². The van der Waals surface area contributed by atoms with Crippen LogP contribution in [0.4, 0.5) is 4.39 Å². The fourth-order valence-electron chi connectivity index (χ4n) is 2.34. The Labute approximate surface area is 123 Å². The van der Waals surface area contributed by atoms with E-state index in [0.717, 1.165) is 23.8 Å². The highest BCUT2D eigenvalue weighted by atomic mass is 19.1. The summed E-state index contributed by atoms with van der Waals surface area (Å²) in [6.07, 6.45) is -3.04. The molecule has 4 N–H and O–H groups in total. The highest BCUT2D eigenvalue weighted by Gasteiger charge is 2.57. The average Bonchev–Trinajstić information content (AvgIpc) is 2.70. The van der Waals surface area contributed by atoms with E-state index in [9.17, 15) is 19.5 Å². The lowest BCUT2D eigenvalue weighted by molar-refractivity contribution is -0.156. The van der Waals surface area contributed by atoms with E-state index in [1.807, 2.05) is 4.98 Å². The van der Waals surface area contributed by atoms with E-state index >= 15 is 4.39 Å². The first kappa shape index (κ1) is 16.3. The Morgan fingerprint density at radius 1 is 1.64 bits per heavy atom. The number of aromatic amines is 1. The molecule has 2 heterocycles. The molecule has 0 radical (unpaired) electrons. The number of alkyl halides is 1. The van der Waals surface area contributed by atoms with Crippen molar-refractivity contribution < 1.29 is 23.8 Å². The minimum absolute atomic E-state index is 0.464. The van der Waals surface area contributed by atoms with Crippen LogP contribution in [-0.4, -0.2) is 51.7 Å². The van der Waals surface area contributed by atoms with Crippen molar-refractivity contribution in [1.29, 1.82) is 0 Å². The summed E-state index contributed by atoms with van der Waals surface area (Å²) in [6, 6.07) is 1.02. The van der Waals surface area contributed by atoms with Crippen molar-refractivity contribution in [1.82, 2.24) is 9.55 Å². The first-order valence-corrected chi connectivity index (χ1v) is 6.47. The van der Waals surface area contributed by atoms with Crippen molar-refractivity contribution in [3.8, 4) is 0 Å². The molecule has 1 aliphatic rings. The van der Waals surface area contributed by atoms with Gasteiger partial charge in [-0.1, -0.05) is 0 Å². The number of carbonyl (C=O) groups is 1. The van der Waals surface area contributed by atoms with Gasteiger partial charge in [-0.15, -0.1) is 0 Å². The van der Waals surface area contributed by atoms with Gasteiger partial charge in [-0.05, 0) is 6.92 Å². The molecule has 2 rings (SSSR count). The first-order valence-electron chi connectivity index (χ1n) is 6.47. The quantitative estimate of drug-likeness (QED) is 0.548. The number of aromatic nitrogens is 2. The third-order valence-corrected chi connectivity index (χ3v) is 3.39. The molecule has 4 atom stereocenters. The third kappa shape index (κ3) is 2.80. The van der Waals surface area contributed by atoms with E-state index in [-0.39, 0.29) is 0 Å². The third-order valence-electron chi connectivity index (χ3n) is 3.39. The standard InChI is InChI=1S/C12H16FN3O6/c1-12(13)9(22-8(19)4-14)6(5-17)21-10(12)16-3-2-7(18)15-11(16)20/h2-3,6,9-10,17H,4-5,14H2,1H3,(H,15,18,20)/t6-,9?,10-,12-/m1/s1. The number of nitrogens with one attached hydrogen (secondary N) is 1. The second kappa shape index (κ2) is 5.99. The summed E-state index contributed by atoms with van der Waals surface area (Å²) in [5, 5.41) is 9.27. The Hall–Kier alpha value is -2.04. The molecule has 0 amide bonds. The Morgan fingerprint density at radius 3 is 2.86 bits per heavy atom. The molecule has 1 unspecified atom stereocenters. The molecule has 0 spiro atoms. The van der Waals surface area contributed by atoms with Gasteiger partial charge in [0.1, 0.15) is 6.10 Å². The number of H-pyrrole nitrogens is 1. The monoisotopic (exact) mass is 317 g/mol. The zero-order valence-electron chi connectivity index (χ0n) is 11.7. The highest BCUT2D eigenvalue weighted by Crippen LogP contribution is 2.42. The maximum absolute atomic E-state index is 15.0. The summed E-state index contributed by atoms with van der Waals surface area (Å²) in [5.74, 6) is -0.870. The summed E-state index contributed by atoms with van der Waals surface area (Å²) in [7, 11) is 0. The van der Waals surface area contributed by atoms with Gasteiger partial charge >= 0.3 is 11.7 Å². The van der Waals surface area contributed by atoms with Gasteiger partial charge in [0.15, 0.2) is 18.0 Å². The minimum Gasteiger partial charge on any atom is -0.455 e. The van der Waals surface area contributed by atoms with Crippen LogP contribution in [0.3, 0.4) is 0 Å². The van der Waals surface area contributed by atoms with Crippen molar-refractivity contribution in [2.24, 2.45) is 5.73 Å². The zero-order valence-corrected chi connectivity index (χ0v) is 11.7. The number of aliphatic hydroxyl groups excluding tert-OH is 1. The molecule has 1 fully saturated rings.